The number of nitrogens with zero attached hydrogens (tertiary/aromatic N) is 2. The lowest BCUT2D eigenvalue weighted by Crippen LogP contribution is -2.37. The highest BCUT2D eigenvalue weighted by Crippen LogP contribution is 2.18. The number of esters is 1. The first-order valence-electron chi connectivity index (χ1n) is 6.66. The molecule has 7 heteroatoms. The number of nitrogens with one attached hydrogen (secondary N) is 1. The second-order valence-corrected chi connectivity index (χ2v) is 5.18. The monoisotopic (exact) mass is 294 g/mol. The highest BCUT2D eigenvalue weighted by atomic mass is 16.5. The number of methoxy groups -OCH3 is 1. The summed E-state index contributed by atoms with van der Waals surface area (Å²) in [4.78, 5) is 29.1. The molecule has 0 saturated heterocycles. The second kappa shape index (κ2) is 7.47. The van der Waals surface area contributed by atoms with Gasteiger partial charge in [0.2, 0.25) is 5.91 Å². The van der Waals surface area contributed by atoms with E-state index in [1.54, 1.807) is 11.9 Å². The van der Waals surface area contributed by atoms with Gasteiger partial charge in [0.25, 0.3) is 0 Å². The van der Waals surface area contributed by atoms with E-state index in [-0.39, 0.29) is 23.7 Å². The van der Waals surface area contributed by atoms with E-state index >= 15 is 0 Å². The molecule has 0 bridgehead atoms. The van der Waals surface area contributed by atoms with Gasteiger partial charge in [-0.05, 0) is 12.0 Å². The molecule has 116 valence electrons. The number of pyridine rings is 1. The molecule has 21 heavy (non-hydrogen) atoms. The largest absolute Gasteiger partial charge is 0.465 e. The molecule has 1 heterocycles. The van der Waals surface area contributed by atoms with Crippen LogP contribution < -0.4 is 16.0 Å². The Morgan fingerprint density at radius 3 is 2.71 bits per heavy atom. The number of rotatable bonds is 6. The second-order valence-electron chi connectivity index (χ2n) is 5.18. The van der Waals surface area contributed by atoms with Crippen LogP contribution in [0, 0.1) is 5.92 Å². The van der Waals surface area contributed by atoms with Gasteiger partial charge in [-0.3, -0.25) is 4.79 Å². The molecular weight excluding hydrogens is 272 g/mol. The number of nitrogen functional groups attached to an aromatic ring is 1. The highest BCUT2D eigenvalue weighted by Gasteiger charge is 2.15. The Hall–Kier alpha value is -2.31. The normalized spacial score (nSPS) is 10.3. The lowest BCUT2D eigenvalue weighted by atomic mass is 10.2. The highest BCUT2D eigenvalue weighted by molar-refractivity contribution is 5.95. The minimum absolute atomic E-state index is 0.107. The summed E-state index contributed by atoms with van der Waals surface area (Å²) in [5, 5.41) is 2.82. The number of carbonyl (C=O) groups is 2. The summed E-state index contributed by atoms with van der Waals surface area (Å²) in [6, 6.07) is 1.51. The lowest BCUT2D eigenvalue weighted by molar-refractivity contribution is -0.119. The fourth-order valence-electron chi connectivity index (χ4n) is 1.62. The van der Waals surface area contributed by atoms with E-state index in [1.165, 1.54) is 19.4 Å². The van der Waals surface area contributed by atoms with Crippen LogP contribution in [0.4, 0.5) is 11.5 Å². The van der Waals surface area contributed by atoms with E-state index in [4.69, 9.17) is 5.73 Å². The van der Waals surface area contributed by atoms with Crippen molar-refractivity contribution in [2.75, 3.05) is 37.9 Å². The minimum Gasteiger partial charge on any atom is -0.465 e. The van der Waals surface area contributed by atoms with E-state index in [1.807, 2.05) is 13.8 Å². The molecule has 7 nitrogen and oxygen atoms in total. The Morgan fingerprint density at radius 2 is 2.14 bits per heavy atom. The number of anilines is 2. The average Bonchev–Trinajstić information content (AvgIpc) is 2.44. The van der Waals surface area contributed by atoms with Crippen LogP contribution in [0.15, 0.2) is 12.3 Å². The molecule has 0 spiro atoms. The van der Waals surface area contributed by atoms with Crippen LogP contribution in [0.5, 0.6) is 0 Å². The summed E-state index contributed by atoms with van der Waals surface area (Å²) < 4.78 is 4.65. The molecule has 0 fully saturated rings. The van der Waals surface area contributed by atoms with Crippen molar-refractivity contribution >= 4 is 23.4 Å². The van der Waals surface area contributed by atoms with Crippen LogP contribution in [0.3, 0.4) is 0 Å². The molecule has 1 rings (SSSR count). The summed E-state index contributed by atoms with van der Waals surface area (Å²) in [5.74, 6) is 0.224. The molecule has 0 aliphatic carbocycles. The van der Waals surface area contributed by atoms with Crippen molar-refractivity contribution in [2.24, 2.45) is 5.92 Å². The van der Waals surface area contributed by atoms with Gasteiger partial charge < -0.3 is 20.7 Å². The summed E-state index contributed by atoms with van der Waals surface area (Å²) in [6.07, 6.45) is 1.38. The van der Waals surface area contributed by atoms with Crippen LogP contribution in [0.1, 0.15) is 24.2 Å². The van der Waals surface area contributed by atoms with Gasteiger partial charge in [-0.25, -0.2) is 9.78 Å². The smallest absolute Gasteiger partial charge is 0.340 e. The van der Waals surface area contributed by atoms with Crippen molar-refractivity contribution in [3.05, 3.63) is 17.8 Å². The Kier molecular flexibility index (Phi) is 5.95. The molecular formula is C14H22N4O3. The number of nitrogens with two attached hydrogens (primary N) is 1. The van der Waals surface area contributed by atoms with Crippen LogP contribution in [0.2, 0.25) is 0 Å². The fourth-order valence-corrected chi connectivity index (χ4v) is 1.62. The Morgan fingerprint density at radius 1 is 1.48 bits per heavy atom. The van der Waals surface area contributed by atoms with Gasteiger partial charge in [0.15, 0.2) is 0 Å². The van der Waals surface area contributed by atoms with Crippen LogP contribution >= 0.6 is 0 Å². The standard InChI is InChI=1S/C14H22N4O3/c1-9(2)6-17-13(19)8-18(3)12-5-10(14(20)21-4)11(15)7-16-12/h5,7,9H,6,8,15H2,1-4H3,(H,17,19). The molecule has 0 radical (unpaired) electrons. The fraction of sp³-hybridized carbons (Fsp3) is 0.500. The average molecular weight is 294 g/mol. The molecule has 0 aliphatic heterocycles. The van der Waals surface area contributed by atoms with Gasteiger partial charge in [-0.2, -0.15) is 0 Å². The number of amides is 1. The first-order chi connectivity index (χ1) is 9.85. The van der Waals surface area contributed by atoms with Gasteiger partial charge in [-0.15, -0.1) is 0 Å². The van der Waals surface area contributed by atoms with Crippen LogP contribution in [-0.4, -0.2) is 44.1 Å². The quantitative estimate of drug-likeness (QED) is 0.748. The van der Waals surface area contributed by atoms with E-state index < -0.39 is 5.97 Å². The third-order valence-electron chi connectivity index (χ3n) is 2.81. The van der Waals surface area contributed by atoms with E-state index in [2.05, 4.69) is 15.0 Å². The van der Waals surface area contributed by atoms with E-state index in [9.17, 15) is 9.59 Å². The maximum Gasteiger partial charge on any atom is 0.340 e. The predicted octanol–water partition coefficient (Wildman–Crippen LogP) is 0.659. The summed E-state index contributed by atoms with van der Waals surface area (Å²) >= 11 is 0. The predicted molar refractivity (Wildman–Crippen MR) is 81.1 cm³/mol. The van der Waals surface area contributed by atoms with Crippen molar-refractivity contribution in [3.63, 3.8) is 0 Å². The molecule has 0 aromatic carbocycles. The maximum absolute atomic E-state index is 11.8. The van der Waals surface area contributed by atoms with Gasteiger partial charge in [0, 0.05) is 13.6 Å². The number of hydrogen-bond acceptors (Lipinski definition) is 6. The molecule has 1 amide bonds. The third kappa shape index (κ3) is 4.94. The van der Waals surface area contributed by atoms with Gasteiger partial charge in [0.1, 0.15) is 5.82 Å². The zero-order valence-corrected chi connectivity index (χ0v) is 12.8. The Labute approximate surface area is 124 Å². The molecule has 0 atom stereocenters. The van der Waals surface area contributed by atoms with E-state index in [0.29, 0.717) is 18.3 Å². The van der Waals surface area contributed by atoms with Gasteiger partial charge >= 0.3 is 5.97 Å². The minimum atomic E-state index is -0.534. The van der Waals surface area contributed by atoms with Gasteiger partial charge in [0.05, 0.1) is 31.1 Å². The maximum atomic E-state index is 11.8. The molecule has 0 aliphatic rings. The lowest BCUT2D eigenvalue weighted by Gasteiger charge is -2.19. The molecule has 0 saturated carbocycles. The number of likely N-dealkylation sites (N-methyl/N-ethyl adjacent to an activating group) is 1. The zero-order valence-electron chi connectivity index (χ0n) is 12.8. The molecule has 3 N–H and O–H groups in total. The van der Waals surface area contributed by atoms with Crippen molar-refractivity contribution in [2.45, 2.75) is 13.8 Å². The first kappa shape index (κ1) is 16.7. The Bertz CT molecular complexity index is 517. The van der Waals surface area contributed by atoms with E-state index in [0.717, 1.165) is 0 Å². The zero-order chi connectivity index (χ0) is 16.0. The molecule has 0 unspecified atom stereocenters. The van der Waals surface area contributed by atoms with Gasteiger partial charge in [-0.1, -0.05) is 13.8 Å². The van der Waals surface area contributed by atoms with Crippen molar-refractivity contribution in [1.82, 2.24) is 10.3 Å². The van der Waals surface area contributed by atoms with Crippen molar-refractivity contribution < 1.29 is 14.3 Å². The molecule has 1 aromatic heterocycles. The summed E-state index contributed by atoms with van der Waals surface area (Å²) in [6.45, 7) is 4.81. The summed E-state index contributed by atoms with van der Waals surface area (Å²) in [5.41, 5.74) is 6.16. The summed E-state index contributed by atoms with van der Waals surface area (Å²) in [7, 11) is 3.00. The number of aromatic nitrogens is 1. The third-order valence-corrected chi connectivity index (χ3v) is 2.81. The topological polar surface area (TPSA) is 97.5 Å². The van der Waals surface area contributed by atoms with Crippen LogP contribution in [0.25, 0.3) is 0 Å². The van der Waals surface area contributed by atoms with Crippen LogP contribution in [-0.2, 0) is 9.53 Å². The SMILES string of the molecule is COC(=O)c1cc(N(C)CC(=O)NCC(C)C)ncc1N. The number of hydrogen-bond donors (Lipinski definition) is 2. The molecule has 1 aromatic rings. The number of ether oxygens (including phenoxy) is 1. The van der Waals surface area contributed by atoms with Crippen molar-refractivity contribution in [3.8, 4) is 0 Å². The first-order valence-corrected chi connectivity index (χ1v) is 6.66. The van der Waals surface area contributed by atoms with Crippen molar-refractivity contribution in [1.29, 1.82) is 0 Å². The number of carbonyl (C=O) groups excluding carboxylic acids is 2. The Balaban J connectivity index is 2.76.